The standard InChI is InChI=1S/C14H19N5O2/c1-7-17-6-10-11(13(16)21)12(15)19(14(10)18-7)8-2-4-9(20)5-3-8/h6,8-9,20H,2-5,15H2,1H3,(H2,16,21). The molecule has 1 aliphatic rings. The number of rotatable bonds is 2. The number of carbonyl (C=O) groups excluding carboxylic acids is 1. The molecule has 1 aliphatic carbocycles. The molecule has 0 aromatic carbocycles. The number of fused-ring (bicyclic) bond motifs is 1. The van der Waals surface area contributed by atoms with Gasteiger partial charge in [0.15, 0.2) is 0 Å². The van der Waals surface area contributed by atoms with Crippen LogP contribution in [0.5, 0.6) is 0 Å². The van der Waals surface area contributed by atoms with Crippen LogP contribution in [0, 0.1) is 6.92 Å². The highest BCUT2D eigenvalue weighted by Crippen LogP contribution is 2.36. The summed E-state index contributed by atoms with van der Waals surface area (Å²) < 4.78 is 1.88. The summed E-state index contributed by atoms with van der Waals surface area (Å²) in [5.74, 6) is 0.395. The Labute approximate surface area is 122 Å². The number of anilines is 1. The first-order chi connectivity index (χ1) is 9.99. The molecule has 1 amide bonds. The minimum absolute atomic E-state index is 0.123. The number of nitrogens with two attached hydrogens (primary N) is 2. The molecule has 0 saturated heterocycles. The van der Waals surface area contributed by atoms with E-state index in [2.05, 4.69) is 9.97 Å². The molecular weight excluding hydrogens is 270 g/mol. The molecule has 112 valence electrons. The SMILES string of the molecule is Cc1ncc2c(C(N)=O)c(N)n(C3CCC(O)CC3)c2n1. The lowest BCUT2D eigenvalue weighted by atomic mass is 9.93. The Kier molecular flexibility index (Phi) is 3.29. The van der Waals surface area contributed by atoms with E-state index in [1.807, 2.05) is 4.57 Å². The first-order valence-corrected chi connectivity index (χ1v) is 7.10. The second-order valence-corrected chi connectivity index (χ2v) is 5.61. The normalized spacial score (nSPS) is 22.6. The summed E-state index contributed by atoms with van der Waals surface area (Å²) in [7, 11) is 0. The van der Waals surface area contributed by atoms with E-state index in [9.17, 15) is 9.90 Å². The highest BCUT2D eigenvalue weighted by molar-refractivity contribution is 6.10. The van der Waals surface area contributed by atoms with Crippen molar-refractivity contribution >= 4 is 22.8 Å². The third-order valence-electron chi connectivity index (χ3n) is 4.18. The van der Waals surface area contributed by atoms with Gasteiger partial charge in [-0.15, -0.1) is 0 Å². The van der Waals surface area contributed by atoms with Gasteiger partial charge in [-0.2, -0.15) is 0 Å². The number of nitrogen functional groups attached to an aromatic ring is 1. The lowest BCUT2D eigenvalue weighted by Crippen LogP contribution is -2.23. The van der Waals surface area contributed by atoms with Crippen molar-refractivity contribution in [2.45, 2.75) is 44.8 Å². The fourth-order valence-corrected chi connectivity index (χ4v) is 3.14. The largest absolute Gasteiger partial charge is 0.393 e. The molecule has 3 rings (SSSR count). The molecule has 5 N–H and O–H groups in total. The summed E-state index contributed by atoms with van der Waals surface area (Å²) in [5.41, 5.74) is 12.6. The van der Waals surface area contributed by atoms with Crippen LogP contribution in [-0.4, -0.2) is 31.7 Å². The van der Waals surface area contributed by atoms with Crippen molar-refractivity contribution in [3.63, 3.8) is 0 Å². The van der Waals surface area contributed by atoms with Crippen LogP contribution in [0.2, 0.25) is 0 Å². The summed E-state index contributed by atoms with van der Waals surface area (Å²) in [6.07, 6.45) is 4.39. The van der Waals surface area contributed by atoms with Gasteiger partial charge in [0.05, 0.1) is 17.1 Å². The van der Waals surface area contributed by atoms with Crippen LogP contribution in [0.15, 0.2) is 6.20 Å². The van der Waals surface area contributed by atoms with Crippen molar-refractivity contribution in [3.8, 4) is 0 Å². The molecule has 1 saturated carbocycles. The van der Waals surface area contributed by atoms with E-state index in [1.54, 1.807) is 13.1 Å². The Bertz CT molecular complexity index is 701. The highest BCUT2D eigenvalue weighted by atomic mass is 16.3. The van der Waals surface area contributed by atoms with Gasteiger partial charge in [-0.3, -0.25) is 4.79 Å². The summed E-state index contributed by atoms with van der Waals surface area (Å²) in [4.78, 5) is 20.3. The minimum Gasteiger partial charge on any atom is -0.393 e. The molecule has 21 heavy (non-hydrogen) atoms. The molecular formula is C14H19N5O2. The first kappa shape index (κ1) is 13.8. The van der Waals surface area contributed by atoms with E-state index in [0.717, 1.165) is 25.7 Å². The van der Waals surface area contributed by atoms with E-state index in [4.69, 9.17) is 11.5 Å². The van der Waals surface area contributed by atoms with Crippen LogP contribution in [0.25, 0.3) is 11.0 Å². The second kappa shape index (κ2) is 5.00. The lowest BCUT2D eigenvalue weighted by molar-refractivity contribution is 0.100. The maximum absolute atomic E-state index is 11.7. The minimum atomic E-state index is -0.570. The molecule has 2 aromatic heterocycles. The molecule has 0 aliphatic heterocycles. The van der Waals surface area contributed by atoms with Gasteiger partial charge < -0.3 is 21.1 Å². The summed E-state index contributed by atoms with van der Waals surface area (Å²) in [6.45, 7) is 1.79. The van der Waals surface area contributed by atoms with Crippen molar-refractivity contribution in [2.75, 3.05) is 5.73 Å². The monoisotopic (exact) mass is 289 g/mol. The van der Waals surface area contributed by atoms with Crippen LogP contribution in [0.1, 0.15) is 47.9 Å². The molecule has 0 bridgehead atoms. The fraction of sp³-hybridized carbons (Fsp3) is 0.500. The molecule has 7 heteroatoms. The maximum atomic E-state index is 11.7. The van der Waals surface area contributed by atoms with Gasteiger partial charge in [-0.05, 0) is 32.6 Å². The smallest absolute Gasteiger partial charge is 0.253 e. The maximum Gasteiger partial charge on any atom is 0.253 e. The van der Waals surface area contributed by atoms with E-state index in [-0.39, 0.29) is 17.7 Å². The van der Waals surface area contributed by atoms with E-state index in [0.29, 0.717) is 22.7 Å². The van der Waals surface area contributed by atoms with Crippen LogP contribution < -0.4 is 11.5 Å². The predicted molar refractivity (Wildman–Crippen MR) is 78.7 cm³/mol. The van der Waals surface area contributed by atoms with E-state index < -0.39 is 5.91 Å². The summed E-state index contributed by atoms with van der Waals surface area (Å²) >= 11 is 0. The number of primary amides is 1. The summed E-state index contributed by atoms with van der Waals surface area (Å²) in [5, 5.41) is 10.2. The quantitative estimate of drug-likeness (QED) is 0.758. The molecule has 0 unspecified atom stereocenters. The highest BCUT2D eigenvalue weighted by Gasteiger charge is 2.28. The average Bonchev–Trinajstić information content (AvgIpc) is 2.71. The van der Waals surface area contributed by atoms with Crippen LogP contribution in [0.3, 0.4) is 0 Å². The van der Waals surface area contributed by atoms with Gasteiger partial charge >= 0.3 is 0 Å². The number of aliphatic hydroxyl groups excluding tert-OH is 1. The van der Waals surface area contributed by atoms with Crippen molar-refractivity contribution in [2.24, 2.45) is 5.73 Å². The zero-order chi connectivity index (χ0) is 15.1. The molecule has 1 fully saturated rings. The number of nitrogens with zero attached hydrogens (tertiary/aromatic N) is 3. The van der Waals surface area contributed by atoms with Crippen molar-refractivity contribution in [1.82, 2.24) is 14.5 Å². The topological polar surface area (TPSA) is 120 Å². The van der Waals surface area contributed by atoms with Crippen molar-refractivity contribution < 1.29 is 9.90 Å². The number of carbonyl (C=O) groups is 1. The molecule has 7 nitrogen and oxygen atoms in total. The Morgan fingerprint density at radius 3 is 2.67 bits per heavy atom. The molecule has 2 heterocycles. The van der Waals surface area contributed by atoms with Gasteiger partial charge in [0.2, 0.25) is 0 Å². The predicted octanol–water partition coefficient (Wildman–Crippen LogP) is 0.897. The van der Waals surface area contributed by atoms with Crippen molar-refractivity contribution in [3.05, 3.63) is 17.6 Å². The third-order valence-corrected chi connectivity index (χ3v) is 4.18. The zero-order valence-corrected chi connectivity index (χ0v) is 11.9. The van der Waals surface area contributed by atoms with Crippen molar-refractivity contribution in [1.29, 1.82) is 0 Å². The molecule has 0 atom stereocenters. The number of amides is 1. The second-order valence-electron chi connectivity index (χ2n) is 5.61. The molecule has 0 radical (unpaired) electrons. The van der Waals surface area contributed by atoms with Gasteiger partial charge in [-0.1, -0.05) is 0 Å². The Hall–Kier alpha value is -2.15. The first-order valence-electron chi connectivity index (χ1n) is 7.10. The van der Waals surface area contributed by atoms with Gasteiger partial charge in [0.25, 0.3) is 5.91 Å². The Balaban J connectivity index is 2.19. The Morgan fingerprint density at radius 2 is 2.05 bits per heavy atom. The molecule has 2 aromatic rings. The number of hydrogen-bond donors (Lipinski definition) is 3. The fourth-order valence-electron chi connectivity index (χ4n) is 3.14. The summed E-state index contributed by atoms with van der Waals surface area (Å²) in [6, 6.07) is 0.123. The Morgan fingerprint density at radius 1 is 1.38 bits per heavy atom. The third kappa shape index (κ3) is 2.23. The number of aryl methyl sites for hydroxylation is 1. The van der Waals surface area contributed by atoms with Gasteiger partial charge in [0.1, 0.15) is 17.3 Å². The van der Waals surface area contributed by atoms with Gasteiger partial charge in [0, 0.05) is 12.2 Å². The zero-order valence-electron chi connectivity index (χ0n) is 11.9. The average molecular weight is 289 g/mol. The van der Waals surface area contributed by atoms with E-state index >= 15 is 0 Å². The number of aromatic nitrogens is 3. The van der Waals surface area contributed by atoms with E-state index in [1.165, 1.54) is 0 Å². The number of hydrogen-bond acceptors (Lipinski definition) is 5. The van der Waals surface area contributed by atoms with Crippen LogP contribution in [0.4, 0.5) is 5.82 Å². The molecule has 0 spiro atoms. The van der Waals surface area contributed by atoms with Crippen LogP contribution in [-0.2, 0) is 0 Å². The number of aliphatic hydroxyl groups is 1. The lowest BCUT2D eigenvalue weighted by Gasteiger charge is -2.27. The van der Waals surface area contributed by atoms with Gasteiger partial charge in [-0.25, -0.2) is 9.97 Å². The van der Waals surface area contributed by atoms with Crippen LogP contribution >= 0.6 is 0 Å².